The van der Waals surface area contributed by atoms with Gasteiger partial charge in [-0.3, -0.25) is 19.5 Å². The van der Waals surface area contributed by atoms with Gasteiger partial charge in [0, 0.05) is 12.2 Å². The largest absolute Gasteiger partial charge is 0.307 e. The summed E-state index contributed by atoms with van der Waals surface area (Å²) < 4.78 is 0. The van der Waals surface area contributed by atoms with Crippen LogP contribution in [0.2, 0.25) is 0 Å². The molecular formula is C9H11N5O2S. The third-order valence-electron chi connectivity index (χ3n) is 2.24. The van der Waals surface area contributed by atoms with Crippen LogP contribution in [0, 0.1) is 0 Å². The van der Waals surface area contributed by atoms with Crippen LogP contribution >= 0.6 is 11.8 Å². The Kier molecular flexibility index (Phi) is 3.55. The highest BCUT2D eigenvalue weighted by Crippen LogP contribution is 2.20. The summed E-state index contributed by atoms with van der Waals surface area (Å²) in [7, 11) is 0. The number of thioether (sulfide) groups is 1. The van der Waals surface area contributed by atoms with Gasteiger partial charge >= 0.3 is 0 Å². The number of anilines is 1. The minimum absolute atomic E-state index is 0.155. The number of nitrogen functional groups attached to an aromatic ring is 1. The Balaban J connectivity index is 2.08. The van der Waals surface area contributed by atoms with Crippen molar-refractivity contribution < 1.29 is 9.59 Å². The number of imide groups is 1. The number of nitrogens with one attached hydrogen (secondary N) is 1. The Morgan fingerprint density at radius 1 is 1.41 bits per heavy atom. The average molecular weight is 253 g/mol. The number of carbonyl (C=O) groups excluding carboxylic acids is 2. The van der Waals surface area contributed by atoms with Crippen molar-refractivity contribution in [2.45, 2.75) is 13.0 Å². The quantitative estimate of drug-likeness (QED) is 0.592. The first-order chi connectivity index (χ1) is 8.20. The number of nitrogens with zero attached hydrogens (tertiary/aromatic N) is 3. The lowest BCUT2D eigenvalue weighted by atomic mass is 10.3. The molecular weight excluding hydrogens is 242 g/mol. The van der Waals surface area contributed by atoms with E-state index >= 15 is 0 Å². The second-order valence-electron chi connectivity index (χ2n) is 3.38. The van der Waals surface area contributed by atoms with Crippen LogP contribution in [-0.4, -0.2) is 31.8 Å². The first-order valence-corrected chi connectivity index (χ1v) is 5.94. The molecule has 0 radical (unpaired) electrons. The van der Waals surface area contributed by atoms with Gasteiger partial charge < -0.3 is 5.43 Å². The molecule has 7 nitrogen and oxygen atoms in total. The van der Waals surface area contributed by atoms with Crippen molar-refractivity contribution in [1.82, 2.24) is 14.9 Å². The van der Waals surface area contributed by atoms with Crippen molar-refractivity contribution >= 4 is 28.7 Å². The van der Waals surface area contributed by atoms with Gasteiger partial charge in [0.15, 0.2) is 5.82 Å². The van der Waals surface area contributed by atoms with Gasteiger partial charge in [0.05, 0.1) is 24.6 Å². The van der Waals surface area contributed by atoms with E-state index in [2.05, 4.69) is 15.4 Å². The zero-order valence-electron chi connectivity index (χ0n) is 8.92. The van der Waals surface area contributed by atoms with Crippen molar-refractivity contribution in [3.05, 3.63) is 18.1 Å². The molecule has 0 unspecified atom stereocenters. The number of amides is 2. The Morgan fingerprint density at radius 2 is 2.24 bits per heavy atom. The van der Waals surface area contributed by atoms with Crippen molar-refractivity contribution in [3.63, 3.8) is 0 Å². The first kappa shape index (κ1) is 11.8. The molecule has 2 heterocycles. The average Bonchev–Trinajstić information content (AvgIpc) is 2.35. The Labute approximate surface area is 102 Å². The topological polar surface area (TPSA) is 101 Å². The van der Waals surface area contributed by atoms with Gasteiger partial charge in [0.25, 0.3) is 5.24 Å². The highest BCUT2D eigenvalue weighted by Gasteiger charge is 2.26. The van der Waals surface area contributed by atoms with Crippen LogP contribution in [0.15, 0.2) is 12.4 Å². The summed E-state index contributed by atoms with van der Waals surface area (Å²) in [6.07, 6.45) is 3.31. The normalized spacial score (nSPS) is 16.2. The number of hydrogen-bond donors (Lipinski definition) is 2. The fraction of sp³-hybridized carbons (Fsp3) is 0.333. The molecule has 0 atom stereocenters. The van der Waals surface area contributed by atoms with Gasteiger partial charge in [-0.15, -0.1) is 0 Å². The Bertz CT molecular complexity index is 420. The first-order valence-electron chi connectivity index (χ1n) is 4.95. The minimum atomic E-state index is -0.232. The molecule has 1 aliphatic heterocycles. The molecule has 90 valence electrons. The molecule has 1 aromatic heterocycles. The van der Waals surface area contributed by atoms with E-state index in [0.29, 0.717) is 23.7 Å². The number of rotatable bonds is 3. The smallest absolute Gasteiger partial charge is 0.288 e. The van der Waals surface area contributed by atoms with E-state index in [1.165, 1.54) is 17.3 Å². The van der Waals surface area contributed by atoms with Crippen LogP contribution in [0.1, 0.15) is 12.1 Å². The molecule has 1 fully saturated rings. The number of nitrogens with two attached hydrogens (primary N) is 1. The Morgan fingerprint density at radius 3 is 2.82 bits per heavy atom. The molecule has 0 aliphatic carbocycles. The Hall–Kier alpha value is -1.67. The molecule has 2 amide bonds. The molecule has 0 saturated carbocycles. The zero-order chi connectivity index (χ0) is 12.3. The van der Waals surface area contributed by atoms with Crippen molar-refractivity contribution in [1.29, 1.82) is 0 Å². The van der Waals surface area contributed by atoms with Crippen molar-refractivity contribution in [3.8, 4) is 0 Å². The van der Waals surface area contributed by atoms with Gasteiger partial charge in [-0.2, -0.15) is 0 Å². The number of aromatic nitrogens is 2. The van der Waals surface area contributed by atoms with Crippen LogP contribution in [0.5, 0.6) is 0 Å². The van der Waals surface area contributed by atoms with Gasteiger partial charge in [-0.05, 0) is 0 Å². The molecule has 0 aromatic carbocycles. The maximum Gasteiger partial charge on any atom is 0.288 e. The summed E-state index contributed by atoms with van der Waals surface area (Å²) in [4.78, 5) is 32.3. The van der Waals surface area contributed by atoms with E-state index in [1.807, 2.05) is 0 Å². The molecule has 0 spiro atoms. The molecule has 1 aliphatic rings. The maximum atomic E-state index is 11.5. The van der Waals surface area contributed by atoms with Crippen LogP contribution in [0.25, 0.3) is 0 Å². The standard InChI is InChI=1S/C9H11N5O2S/c10-13-7-4-11-6(3-12-7)5-14-8(15)1-2-17-9(14)16/h3-4H,1-2,5,10H2,(H,12,13). The minimum Gasteiger partial charge on any atom is -0.307 e. The summed E-state index contributed by atoms with van der Waals surface area (Å²) in [5.41, 5.74) is 2.90. The SMILES string of the molecule is NNc1cnc(CN2C(=O)CCSC2=O)cn1. The number of carbonyl (C=O) groups is 2. The van der Waals surface area contributed by atoms with Gasteiger partial charge in [-0.1, -0.05) is 11.8 Å². The lowest BCUT2D eigenvalue weighted by molar-refractivity contribution is -0.128. The summed E-state index contributed by atoms with van der Waals surface area (Å²) in [6.45, 7) is 0.155. The third kappa shape index (κ3) is 2.71. The van der Waals surface area contributed by atoms with Gasteiger partial charge in [0.1, 0.15) is 0 Å². The molecule has 3 N–H and O–H groups in total. The van der Waals surface area contributed by atoms with E-state index in [9.17, 15) is 9.59 Å². The predicted molar refractivity (Wildman–Crippen MR) is 62.9 cm³/mol. The highest BCUT2D eigenvalue weighted by molar-refractivity contribution is 8.13. The summed E-state index contributed by atoms with van der Waals surface area (Å²) in [6, 6.07) is 0. The predicted octanol–water partition coefficient (Wildman–Crippen LogP) is 0.348. The molecule has 17 heavy (non-hydrogen) atoms. The summed E-state index contributed by atoms with van der Waals surface area (Å²) in [5, 5.41) is -0.232. The zero-order valence-corrected chi connectivity index (χ0v) is 9.74. The fourth-order valence-electron chi connectivity index (χ4n) is 1.37. The maximum absolute atomic E-state index is 11.5. The van der Waals surface area contributed by atoms with E-state index < -0.39 is 0 Å². The highest BCUT2D eigenvalue weighted by atomic mass is 32.2. The van der Waals surface area contributed by atoms with E-state index in [-0.39, 0.29) is 17.7 Å². The fourth-order valence-corrected chi connectivity index (χ4v) is 2.14. The monoisotopic (exact) mass is 253 g/mol. The van der Waals surface area contributed by atoms with E-state index in [0.717, 1.165) is 11.8 Å². The lowest BCUT2D eigenvalue weighted by Gasteiger charge is -2.23. The van der Waals surface area contributed by atoms with Crippen LogP contribution < -0.4 is 11.3 Å². The molecule has 8 heteroatoms. The number of hydrazine groups is 1. The molecule has 1 aromatic rings. The molecule has 2 rings (SSSR count). The van der Waals surface area contributed by atoms with Crippen molar-refractivity contribution in [2.75, 3.05) is 11.2 Å². The van der Waals surface area contributed by atoms with Crippen LogP contribution in [0.4, 0.5) is 10.6 Å². The molecule has 0 bridgehead atoms. The summed E-state index contributed by atoms with van der Waals surface area (Å²) >= 11 is 1.14. The van der Waals surface area contributed by atoms with Gasteiger partial charge in [0.2, 0.25) is 5.91 Å². The lowest BCUT2D eigenvalue weighted by Crippen LogP contribution is -2.37. The second kappa shape index (κ2) is 5.11. The molecule has 1 saturated heterocycles. The number of hydrogen-bond acceptors (Lipinski definition) is 7. The summed E-state index contributed by atoms with van der Waals surface area (Å²) in [5.74, 6) is 5.97. The van der Waals surface area contributed by atoms with Crippen LogP contribution in [-0.2, 0) is 11.3 Å². The van der Waals surface area contributed by atoms with Crippen LogP contribution in [0.3, 0.4) is 0 Å². The van der Waals surface area contributed by atoms with Gasteiger partial charge in [-0.25, -0.2) is 10.8 Å². The van der Waals surface area contributed by atoms with E-state index in [4.69, 9.17) is 5.84 Å². The van der Waals surface area contributed by atoms with Crippen molar-refractivity contribution in [2.24, 2.45) is 5.84 Å². The second-order valence-corrected chi connectivity index (χ2v) is 4.43. The third-order valence-corrected chi connectivity index (χ3v) is 3.11. The van der Waals surface area contributed by atoms with E-state index in [1.54, 1.807) is 0 Å².